The standard InChI is InChI=1S/C17H14ClF3N2OS/c18-13-5-2-6-14(10-13)22-16(24)23-7-8-25-15(23)11-3-1-4-12(9-11)17(19,20)21/h1-6,9-10,15H,7-8H2,(H,22,24)/t15-/m1/s1. The van der Waals surface area contributed by atoms with Crippen molar-refractivity contribution in [3.8, 4) is 0 Å². The fourth-order valence-electron chi connectivity index (χ4n) is 2.58. The molecule has 25 heavy (non-hydrogen) atoms. The molecule has 3 nitrogen and oxygen atoms in total. The van der Waals surface area contributed by atoms with Gasteiger partial charge in [-0.3, -0.25) is 0 Å². The first-order chi connectivity index (χ1) is 11.8. The van der Waals surface area contributed by atoms with Crippen molar-refractivity contribution < 1.29 is 18.0 Å². The number of hydrogen-bond acceptors (Lipinski definition) is 2. The van der Waals surface area contributed by atoms with Gasteiger partial charge in [-0.15, -0.1) is 11.8 Å². The molecule has 1 saturated heterocycles. The second-order valence-electron chi connectivity index (χ2n) is 5.48. The summed E-state index contributed by atoms with van der Waals surface area (Å²) in [6, 6.07) is 11.4. The molecule has 1 fully saturated rings. The largest absolute Gasteiger partial charge is 0.416 e. The molecular formula is C17H14ClF3N2OS. The molecule has 1 N–H and O–H groups in total. The highest BCUT2D eigenvalue weighted by molar-refractivity contribution is 7.99. The van der Waals surface area contributed by atoms with Gasteiger partial charge in [-0.1, -0.05) is 29.8 Å². The summed E-state index contributed by atoms with van der Waals surface area (Å²) in [5.74, 6) is 0.657. The predicted molar refractivity (Wildman–Crippen MR) is 93.8 cm³/mol. The average molecular weight is 387 g/mol. The first kappa shape index (κ1) is 17.9. The van der Waals surface area contributed by atoms with Crippen LogP contribution in [-0.2, 0) is 6.18 Å². The van der Waals surface area contributed by atoms with Gasteiger partial charge in [0.05, 0.1) is 5.56 Å². The number of carbonyl (C=O) groups excluding carboxylic acids is 1. The molecule has 0 spiro atoms. The maximum Gasteiger partial charge on any atom is 0.416 e. The number of carbonyl (C=O) groups is 1. The molecule has 0 radical (unpaired) electrons. The molecule has 2 aromatic carbocycles. The third-order valence-corrected chi connectivity index (χ3v) is 5.22. The van der Waals surface area contributed by atoms with Gasteiger partial charge in [0.25, 0.3) is 0 Å². The Labute approximate surface area is 152 Å². The van der Waals surface area contributed by atoms with Crippen LogP contribution in [0.3, 0.4) is 0 Å². The monoisotopic (exact) mass is 386 g/mol. The molecule has 0 saturated carbocycles. The molecule has 8 heteroatoms. The summed E-state index contributed by atoms with van der Waals surface area (Å²) >= 11 is 7.33. The summed E-state index contributed by atoms with van der Waals surface area (Å²) in [5, 5.41) is 2.77. The van der Waals surface area contributed by atoms with Gasteiger partial charge in [0.15, 0.2) is 0 Å². The van der Waals surface area contributed by atoms with Crippen LogP contribution >= 0.6 is 23.4 Å². The SMILES string of the molecule is O=C(Nc1cccc(Cl)c1)N1CCS[C@@H]1c1cccc(C(F)(F)F)c1. The van der Waals surface area contributed by atoms with Crippen molar-refractivity contribution in [1.82, 2.24) is 4.90 Å². The number of urea groups is 1. The number of anilines is 1. The summed E-state index contributed by atoms with van der Waals surface area (Å²) < 4.78 is 38.8. The zero-order chi connectivity index (χ0) is 18.0. The van der Waals surface area contributed by atoms with Gasteiger partial charge >= 0.3 is 12.2 Å². The van der Waals surface area contributed by atoms with Gasteiger partial charge in [-0.2, -0.15) is 13.2 Å². The Bertz CT molecular complexity index is 784. The number of benzene rings is 2. The van der Waals surface area contributed by atoms with Crippen LogP contribution in [0, 0.1) is 0 Å². The van der Waals surface area contributed by atoms with E-state index in [0.29, 0.717) is 28.6 Å². The Morgan fingerprint density at radius 1 is 1.20 bits per heavy atom. The molecule has 132 valence electrons. The van der Waals surface area contributed by atoms with E-state index in [1.807, 2.05) is 0 Å². The maximum absolute atomic E-state index is 12.9. The highest BCUT2D eigenvalue weighted by atomic mass is 35.5. The van der Waals surface area contributed by atoms with Gasteiger partial charge in [-0.05, 0) is 35.9 Å². The zero-order valence-electron chi connectivity index (χ0n) is 12.9. The topological polar surface area (TPSA) is 32.3 Å². The molecule has 1 heterocycles. The van der Waals surface area contributed by atoms with E-state index in [-0.39, 0.29) is 6.03 Å². The van der Waals surface area contributed by atoms with Crippen molar-refractivity contribution in [2.24, 2.45) is 0 Å². The van der Waals surface area contributed by atoms with Crippen molar-refractivity contribution in [3.05, 3.63) is 64.7 Å². The lowest BCUT2D eigenvalue weighted by Crippen LogP contribution is -2.34. The number of amides is 2. The smallest absolute Gasteiger partial charge is 0.308 e. The number of halogens is 4. The molecule has 2 amide bonds. The van der Waals surface area contributed by atoms with Crippen molar-refractivity contribution in [2.75, 3.05) is 17.6 Å². The minimum atomic E-state index is -4.41. The third-order valence-electron chi connectivity index (χ3n) is 3.73. The molecule has 0 aliphatic carbocycles. The molecule has 0 aromatic heterocycles. The van der Waals surface area contributed by atoms with Crippen LogP contribution in [0.15, 0.2) is 48.5 Å². The first-order valence-corrected chi connectivity index (χ1v) is 8.89. The van der Waals surface area contributed by atoms with Crippen LogP contribution in [0.1, 0.15) is 16.5 Å². The fraction of sp³-hybridized carbons (Fsp3) is 0.235. The van der Waals surface area contributed by atoms with Crippen molar-refractivity contribution in [2.45, 2.75) is 11.6 Å². The number of alkyl halides is 3. The van der Waals surface area contributed by atoms with Gasteiger partial charge in [-0.25, -0.2) is 4.79 Å². The summed E-state index contributed by atoms with van der Waals surface area (Å²) in [5.41, 5.74) is 0.281. The molecule has 0 unspecified atom stereocenters. The fourth-order valence-corrected chi connectivity index (χ4v) is 4.02. The van der Waals surface area contributed by atoms with Crippen LogP contribution in [0.25, 0.3) is 0 Å². The molecule has 0 bridgehead atoms. The van der Waals surface area contributed by atoms with Crippen molar-refractivity contribution >= 4 is 35.1 Å². The van der Waals surface area contributed by atoms with Crippen molar-refractivity contribution in [3.63, 3.8) is 0 Å². The normalized spacial score (nSPS) is 17.6. The minimum Gasteiger partial charge on any atom is -0.308 e. The Morgan fingerprint density at radius 2 is 1.96 bits per heavy atom. The number of thioether (sulfide) groups is 1. The lowest BCUT2D eigenvalue weighted by atomic mass is 10.1. The highest BCUT2D eigenvalue weighted by Gasteiger charge is 2.34. The van der Waals surface area contributed by atoms with Crippen LogP contribution in [-0.4, -0.2) is 23.2 Å². The van der Waals surface area contributed by atoms with Crippen molar-refractivity contribution in [1.29, 1.82) is 0 Å². The Morgan fingerprint density at radius 3 is 2.68 bits per heavy atom. The van der Waals surface area contributed by atoms with E-state index in [4.69, 9.17) is 11.6 Å². The van der Waals surface area contributed by atoms with E-state index >= 15 is 0 Å². The Balaban J connectivity index is 1.79. The van der Waals surface area contributed by atoms with E-state index in [2.05, 4.69) is 5.32 Å². The van der Waals surface area contributed by atoms with E-state index in [1.165, 1.54) is 22.7 Å². The first-order valence-electron chi connectivity index (χ1n) is 7.46. The number of rotatable bonds is 2. The van der Waals surface area contributed by atoms with Crippen LogP contribution in [0.5, 0.6) is 0 Å². The molecule has 2 aromatic rings. The Hall–Kier alpha value is -1.86. The molecule has 1 atom stereocenters. The zero-order valence-corrected chi connectivity index (χ0v) is 14.5. The van der Waals surface area contributed by atoms with Crippen LogP contribution in [0.2, 0.25) is 5.02 Å². The maximum atomic E-state index is 12.9. The molecule has 1 aliphatic rings. The van der Waals surface area contributed by atoms with E-state index in [0.717, 1.165) is 12.1 Å². The summed E-state index contributed by atoms with van der Waals surface area (Å²) in [6.07, 6.45) is -4.41. The molecule has 3 rings (SSSR count). The van der Waals surface area contributed by atoms with E-state index < -0.39 is 17.1 Å². The predicted octanol–water partition coefficient (Wildman–Crippen LogP) is 5.64. The van der Waals surface area contributed by atoms with Gasteiger partial charge in [0.1, 0.15) is 5.37 Å². The summed E-state index contributed by atoms with van der Waals surface area (Å²) in [4.78, 5) is 14.1. The number of nitrogens with zero attached hydrogens (tertiary/aromatic N) is 1. The number of hydrogen-bond donors (Lipinski definition) is 1. The minimum absolute atomic E-state index is 0.366. The van der Waals surface area contributed by atoms with E-state index in [1.54, 1.807) is 30.3 Å². The molecule has 1 aliphatic heterocycles. The number of nitrogens with one attached hydrogen (secondary N) is 1. The van der Waals surface area contributed by atoms with Gasteiger partial charge in [0, 0.05) is 23.0 Å². The Kier molecular flexibility index (Phi) is 5.15. The average Bonchev–Trinajstić information content (AvgIpc) is 3.04. The van der Waals surface area contributed by atoms with Crippen LogP contribution in [0.4, 0.5) is 23.7 Å². The molecular weight excluding hydrogens is 373 g/mol. The quantitative estimate of drug-likeness (QED) is 0.724. The van der Waals surface area contributed by atoms with Crippen LogP contribution < -0.4 is 5.32 Å². The summed E-state index contributed by atoms with van der Waals surface area (Å²) in [7, 11) is 0. The second kappa shape index (κ2) is 7.17. The van der Waals surface area contributed by atoms with Gasteiger partial charge < -0.3 is 10.2 Å². The summed E-state index contributed by atoms with van der Waals surface area (Å²) in [6.45, 7) is 0.456. The second-order valence-corrected chi connectivity index (χ2v) is 7.10. The highest BCUT2D eigenvalue weighted by Crippen LogP contribution is 2.40. The third kappa shape index (κ3) is 4.22. The van der Waals surface area contributed by atoms with Gasteiger partial charge in [0.2, 0.25) is 0 Å². The van der Waals surface area contributed by atoms with E-state index in [9.17, 15) is 18.0 Å². The lowest BCUT2D eigenvalue weighted by molar-refractivity contribution is -0.137. The lowest BCUT2D eigenvalue weighted by Gasteiger charge is -2.25.